The fraction of sp³-hybridized carbons (Fsp3) is 0.704. The van der Waals surface area contributed by atoms with E-state index >= 15 is 0 Å². The zero-order chi connectivity index (χ0) is 55.7. The van der Waals surface area contributed by atoms with Gasteiger partial charge in [-0.2, -0.15) is 0 Å². The molecule has 0 aromatic rings. The smallest absolute Gasteiger partial charge is 0.306 e. The number of rotatable bonds is 58. The molecule has 1 atom stereocenters. The second-order valence-corrected chi connectivity index (χ2v) is 21.3. The molecule has 0 N–H and O–H groups in total. The highest BCUT2D eigenvalue weighted by atomic mass is 16.6. The van der Waals surface area contributed by atoms with Crippen molar-refractivity contribution in [3.05, 3.63) is 109 Å². The number of carbonyl (C=O) groups is 3. The van der Waals surface area contributed by atoms with Gasteiger partial charge in [-0.05, 0) is 116 Å². The molecule has 0 aliphatic carbocycles. The number of ether oxygens (including phenoxy) is 3. The van der Waals surface area contributed by atoms with Gasteiger partial charge in [-0.1, -0.05) is 278 Å². The first-order chi connectivity index (χ1) is 38.0. The van der Waals surface area contributed by atoms with Crippen LogP contribution in [0, 0.1) is 0 Å². The van der Waals surface area contributed by atoms with Crippen molar-refractivity contribution in [3.8, 4) is 0 Å². The van der Waals surface area contributed by atoms with Crippen LogP contribution in [0.3, 0.4) is 0 Å². The second-order valence-electron chi connectivity index (χ2n) is 21.3. The summed E-state index contributed by atoms with van der Waals surface area (Å²) in [5.41, 5.74) is 0. The molecule has 0 fully saturated rings. The van der Waals surface area contributed by atoms with Gasteiger partial charge < -0.3 is 14.2 Å². The predicted octanol–water partition coefficient (Wildman–Crippen LogP) is 22.2. The number of hydrogen-bond donors (Lipinski definition) is 0. The molecule has 0 saturated carbocycles. The van der Waals surface area contributed by atoms with E-state index in [9.17, 15) is 14.4 Å². The standard InChI is InChI=1S/C71H120O6/c1-4-7-10-13-16-19-22-24-26-28-29-30-31-32-33-34-35-36-37-38-39-40-41-43-44-46-49-52-55-58-61-64-70(73)76-67-68(66-75-69(72)63-60-57-54-51-48-21-18-15-12-9-6-3)77-71(74)65-62-59-56-53-50-47-45-42-27-25-23-20-17-14-11-8-5-2/h7-8,10-11,15-20,24-27,29-30,32-33,68H,4-6,9,12-14,21-23,28,31,34-67H2,1-3H3/b10-7-,11-8-,18-15-,19-16-,20-17-,26-24-,27-25-,30-29-,33-32-. The van der Waals surface area contributed by atoms with E-state index in [1.807, 2.05) is 0 Å². The summed E-state index contributed by atoms with van der Waals surface area (Å²) < 4.78 is 16.9. The van der Waals surface area contributed by atoms with Gasteiger partial charge in [0.05, 0.1) is 0 Å². The van der Waals surface area contributed by atoms with E-state index in [2.05, 4.69) is 130 Å². The summed E-state index contributed by atoms with van der Waals surface area (Å²) in [4.78, 5) is 38.2. The molecule has 6 heteroatoms. The molecule has 0 rings (SSSR count). The summed E-state index contributed by atoms with van der Waals surface area (Å²) >= 11 is 0. The number of hydrogen-bond acceptors (Lipinski definition) is 6. The van der Waals surface area contributed by atoms with E-state index in [0.717, 1.165) is 122 Å². The van der Waals surface area contributed by atoms with Gasteiger partial charge in [-0.15, -0.1) is 0 Å². The van der Waals surface area contributed by atoms with Gasteiger partial charge in [0.1, 0.15) is 13.2 Å². The molecule has 1 unspecified atom stereocenters. The Morgan fingerprint density at radius 1 is 0.273 bits per heavy atom. The molecule has 6 nitrogen and oxygen atoms in total. The van der Waals surface area contributed by atoms with E-state index in [1.54, 1.807) is 0 Å². The Balaban J connectivity index is 4.19. The Morgan fingerprint density at radius 2 is 0.506 bits per heavy atom. The summed E-state index contributed by atoms with van der Waals surface area (Å²) in [6.07, 6.45) is 88.2. The van der Waals surface area contributed by atoms with Crippen LogP contribution in [0.5, 0.6) is 0 Å². The summed E-state index contributed by atoms with van der Waals surface area (Å²) in [5, 5.41) is 0. The van der Waals surface area contributed by atoms with Gasteiger partial charge in [-0.25, -0.2) is 0 Å². The summed E-state index contributed by atoms with van der Waals surface area (Å²) in [7, 11) is 0. The second kappa shape index (κ2) is 64.6. The Hall–Kier alpha value is -3.93. The third-order valence-electron chi connectivity index (χ3n) is 13.7. The zero-order valence-electron chi connectivity index (χ0n) is 50.4. The predicted molar refractivity (Wildman–Crippen MR) is 334 cm³/mol. The molecule has 0 amide bonds. The van der Waals surface area contributed by atoms with Gasteiger partial charge in [0.2, 0.25) is 0 Å². The monoisotopic (exact) mass is 1070 g/mol. The molecule has 77 heavy (non-hydrogen) atoms. The van der Waals surface area contributed by atoms with Crippen LogP contribution < -0.4 is 0 Å². The number of carbonyl (C=O) groups excluding carboxylic acids is 3. The van der Waals surface area contributed by atoms with Crippen LogP contribution in [-0.4, -0.2) is 37.2 Å². The Bertz CT molecular complexity index is 1560. The maximum absolute atomic E-state index is 12.9. The molecule has 0 bridgehead atoms. The van der Waals surface area contributed by atoms with Gasteiger partial charge in [0.15, 0.2) is 6.10 Å². The lowest BCUT2D eigenvalue weighted by molar-refractivity contribution is -0.167. The summed E-state index contributed by atoms with van der Waals surface area (Å²) in [6, 6.07) is 0. The number of unbranched alkanes of at least 4 members (excludes halogenated alkanes) is 29. The van der Waals surface area contributed by atoms with Gasteiger partial charge >= 0.3 is 17.9 Å². The maximum Gasteiger partial charge on any atom is 0.306 e. The lowest BCUT2D eigenvalue weighted by Crippen LogP contribution is -2.30. The molecule has 0 heterocycles. The van der Waals surface area contributed by atoms with Gasteiger partial charge in [0.25, 0.3) is 0 Å². The van der Waals surface area contributed by atoms with E-state index in [4.69, 9.17) is 14.2 Å². The average molecular weight is 1070 g/mol. The van der Waals surface area contributed by atoms with Crippen LogP contribution in [0.2, 0.25) is 0 Å². The van der Waals surface area contributed by atoms with Crippen molar-refractivity contribution in [3.63, 3.8) is 0 Å². The molecule has 440 valence electrons. The highest BCUT2D eigenvalue weighted by Gasteiger charge is 2.19. The Kier molecular flexibility index (Phi) is 61.3. The summed E-state index contributed by atoms with van der Waals surface area (Å²) in [5.74, 6) is -0.897. The van der Waals surface area contributed by atoms with E-state index in [0.29, 0.717) is 19.3 Å². The van der Waals surface area contributed by atoms with Crippen LogP contribution in [0.4, 0.5) is 0 Å². The van der Waals surface area contributed by atoms with Crippen molar-refractivity contribution in [2.24, 2.45) is 0 Å². The minimum absolute atomic E-state index is 0.0836. The van der Waals surface area contributed by atoms with Crippen LogP contribution in [0.25, 0.3) is 0 Å². The third kappa shape index (κ3) is 62.8. The molecule has 0 radical (unpaired) electrons. The Morgan fingerprint density at radius 3 is 0.805 bits per heavy atom. The fourth-order valence-corrected chi connectivity index (χ4v) is 8.94. The maximum atomic E-state index is 12.9. The van der Waals surface area contributed by atoms with Crippen molar-refractivity contribution < 1.29 is 28.6 Å². The van der Waals surface area contributed by atoms with Crippen molar-refractivity contribution in [2.45, 2.75) is 309 Å². The zero-order valence-corrected chi connectivity index (χ0v) is 50.4. The molecule has 0 aliphatic heterocycles. The summed E-state index contributed by atoms with van der Waals surface area (Å²) in [6.45, 7) is 6.38. The quantitative estimate of drug-likeness (QED) is 0.0261. The first-order valence-electron chi connectivity index (χ1n) is 32.4. The normalized spacial score (nSPS) is 12.8. The van der Waals surface area contributed by atoms with Crippen molar-refractivity contribution in [1.29, 1.82) is 0 Å². The molecule has 0 aromatic heterocycles. The first-order valence-corrected chi connectivity index (χ1v) is 32.4. The van der Waals surface area contributed by atoms with E-state index in [1.165, 1.54) is 141 Å². The SMILES string of the molecule is CC/C=C\C/C=C\C/C=C\C/C=C\C/C=C\CCCCCCCCCCCCCCCCCC(=O)OCC(COC(=O)CCCCCCC/C=C\CCCC)OC(=O)CCCCCCCCC/C=C\C/C=C\C/C=C\CC. The molecule has 0 aromatic carbocycles. The highest BCUT2D eigenvalue weighted by Crippen LogP contribution is 2.16. The molecule has 0 saturated heterocycles. The van der Waals surface area contributed by atoms with Crippen LogP contribution in [-0.2, 0) is 28.6 Å². The van der Waals surface area contributed by atoms with Gasteiger partial charge in [-0.3, -0.25) is 14.4 Å². The van der Waals surface area contributed by atoms with Crippen LogP contribution >= 0.6 is 0 Å². The van der Waals surface area contributed by atoms with E-state index < -0.39 is 6.10 Å². The highest BCUT2D eigenvalue weighted by molar-refractivity contribution is 5.71. The molecule has 0 aliphatic rings. The number of allylic oxidation sites excluding steroid dienone is 18. The largest absolute Gasteiger partial charge is 0.462 e. The first kappa shape index (κ1) is 73.1. The van der Waals surface area contributed by atoms with E-state index in [-0.39, 0.29) is 31.1 Å². The van der Waals surface area contributed by atoms with Crippen molar-refractivity contribution in [1.82, 2.24) is 0 Å². The lowest BCUT2D eigenvalue weighted by Gasteiger charge is -2.18. The topological polar surface area (TPSA) is 78.9 Å². The average Bonchev–Trinajstić information content (AvgIpc) is 3.43. The molecule has 0 spiro atoms. The fourth-order valence-electron chi connectivity index (χ4n) is 8.94. The van der Waals surface area contributed by atoms with Crippen LogP contribution in [0.1, 0.15) is 303 Å². The third-order valence-corrected chi connectivity index (χ3v) is 13.7. The minimum Gasteiger partial charge on any atom is -0.462 e. The lowest BCUT2D eigenvalue weighted by atomic mass is 10.0. The minimum atomic E-state index is -0.787. The molecular weight excluding hydrogens is 949 g/mol. The Labute approximate surface area is 476 Å². The van der Waals surface area contributed by atoms with Crippen molar-refractivity contribution in [2.75, 3.05) is 13.2 Å². The molecular formula is C71H120O6. The van der Waals surface area contributed by atoms with Gasteiger partial charge in [0, 0.05) is 19.3 Å². The van der Waals surface area contributed by atoms with Crippen molar-refractivity contribution >= 4 is 17.9 Å². The van der Waals surface area contributed by atoms with Crippen LogP contribution in [0.15, 0.2) is 109 Å². The number of esters is 3.